The fraction of sp³-hybridized carbons (Fsp3) is 0.500. The highest BCUT2D eigenvalue weighted by Crippen LogP contribution is 2.28. The van der Waals surface area contributed by atoms with Gasteiger partial charge in [-0.15, -0.1) is 0 Å². The van der Waals surface area contributed by atoms with E-state index < -0.39 is 10.0 Å². The van der Waals surface area contributed by atoms with Gasteiger partial charge < -0.3 is 4.90 Å². The maximum Gasteiger partial charge on any atom is 0.243 e. The maximum atomic E-state index is 12.3. The van der Waals surface area contributed by atoms with Gasteiger partial charge in [-0.1, -0.05) is 23.2 Å². The number of halogens is 2. The fourth-order valence-corrected chi connectivity index (χ4v) is 3.54. The Morgan fingerprint density at radius 2 is 1.82 bits per heavy atom. The van der Waals surface area contributed by atoms with E-state index in [0.29, 0.717) is 23.8 Å². The van der Waals surface area contributed by atoms with E-state index in [-0.39, 0.29) is 17.5 Å². The van der Waals surface area contributed by atoms with Gasteiger partial charge in [-0.2, -0.15) is 0 Å². The molecule has 8 heteroatoms. The molecule has 1 aromatic rings. The predicted molar refractivity (Wildman–Crippen MR) is 89.1 cm³/mol. The topological polar surface area (TPSA) is 57.7 Å². The van der Waals surface area contributed by atoms with Crippen molar-refractivity contribution in [3.05, 3.63) is 28.2 Å². The second-order valence-corrected chi connectivity index (χ2v) is 8.03. The van der Waals surface area contributed by atoms with Gasteiger partial charge in [0, 0.05) is 13.1 Å². The molecule has 1 aliphatic rings. The number of amides is 1. The van der Waals surface area contributed by atoms with Crippen molar-refractivity contribution in [3.63, 3.8) is 0 Å². The Morgan fingerprint density at radius 3 is 2.36 bits per heavy atom. The second kappa shape index (κ2) is 7.06. The van der Waals surface area contributed by atoms with Gasteiger partial charge in [0.25, 0.3) is 0 Å². The van der Waals surface area contributed by atoms with Crippen LogP contribution in [0.15, 0.2) is 18.2 Å². The quantitative estimate of drug-likeness (QED) is 0.825. The van der Waals surface area contributed by atoms with E-state index in [1.54, 1.807) is 11.0 Å². The third-order valence-electron chi connectivity index (χ3n) is 3.58. The molecule has 122 valence electrons. The first-order chi connectivity index (χ1) is 10.3. The fourth-order valence-electron chi connectivity index (χ4n) is 2.41. The first-order valence-electron chi connectivity index (χ1n) is 6.99. The summed E-state index contributed by atoms with van der Waals surface area (Å²) in [6, 6.07) is 4.51. The molecular formula is C14H18Cl2N2O3S. The van der Waals surface area contributed by atoms with Gasteiger partial charge in [0.2, 0.25) is 15.9 Å². The number of benzene rings is 1. The summed E-state index contributed by atoms with van der Waals surface area (Å²) in [6.07, 6.45) is 4.08. The molecule has 0 saturated carbocycles. The SMILES string of the molecule is CS(=O)(=O)N(CC(=O)N1CCCCC1)c1ccc(Cl)c(Cl)c1. The molecule has 22 heavy (non-hydrogen) atoms. The van der Waals surface area contributed by atoms with E-state index >= 15 is 0 Å². The number of piperidine rings is 1. The van der Waals surface area contributed by atoms with Crippen molar-refractivity contribution >= 4 is 44.8 Å². The predicted octanol–water partition coefficient (Wildman–Crippen LogP) is 2.77. The van der Waals surface area contributed by atoms with E-state index in [2.05, 4.69) is 0 Å². The third-order valence-corrected chi connectivity index (χ3v) is 5.46. The van der Waals surface area contributed by atoms with Crippen molar-refractivity contribution in [2.45, 2.75) is 19.3 Å². The molecule has 0 spiro atoms. The van der Waals surface area contributed by atoms with Crippen LogP contribution in [0, 0.1) is 0 Å². The summed E-state index contributed by atoms with van der Waals surface area (Å²) in [5.74, 6) is -0.198. The molecule has 1 aliphatic heterocycles. The van der Waals surface area contributed by atoms with Gasteiger partial charge in [0.1, 0.15) is 6.54 Å². The van der Waals surface area contributed by atoms with E-state index in [9.17, 15) is 13.2 Å². The monoisotopic (exact) mass is 364 g/mol. The third kappa shape index (κ3) is 4.27. The summed E-state index contributed by atoms with van der Waals surface area (Å²) in [5.41, 5.74) is 0.335. The number of carbonyl (C=O) groups is 1. The molecule has 1 aromatic carbocycles. The minimum absolute atomic E-state index is 0.198. The number of hydrogen-bond acceptors (Lipinski definition) is 3. The highest BCUT2D eigenvalue weighted by Gasteiger charge is 2.25. The molecule has 0 N–H and O–H groups in total. The number of sulfonamides is 1. The van der Waals surface area contributed by atoms with Crippen molar-refractivity contribution < 1.29 is 13.2 Å². The summed E-state index contributed by atoms with van der Waals surface area (Å²) in [5, 5.41) is 0.583. The Hall–Kier alpha value is -0.980. The summed E-state index contributed by atoms with van der Waals surface area (Å²) >= 11 is 11.8. The van der Waals surface area contributed by atoms with E-state index in [1.165, 1.54) is 12.1 Å². The van der Waals surface area contributed by atoms with Gasteiger partial charge in [-0.25, -0.2) is 8.42 Å². The van der Waals surface area contributed by atoms with Crippen LogP contribution in [-0.4, -0.2) is 45.1 Å². The van der Waals surface area contributed by atoms with E-state index in [4.69, 9.17) is 23.2 Å². The Morgan fingerprint density at radius 1 is 1.18 bits per heavy atom. The molecular weight excluding hydrogens is 347 g/mol. The minimum atomic E-state index is -3.60. The molecule has 1 heterocycles. The van der Waals surface area contributed by atoms with Crippen LogP contribution in [0.25, 0.3) is 0 Å². The zero-order valence-electron chi connectivity index (χ0n) is 12.3. The molecule has 1 amide bonds. The molecule has 0 aromatic heterocycles. The Kier molecular flexibility index (Phi) is 5.58. The first-order valence-corrected chi connectivity index (χ1v) is 9.60. The van der Waals surface area contributed by atoms with Crippen molar-refractivity contribution in [1.82, 2.24) is 4.90 Å². The van der Waals surface area contributed by atoms with Gasteiger partial charge >= 0.3 is 0 Å². The van der Waals surface area contributed by atoms with Gasteiger partial charge in [-0.3, -0.25) is 9.10 Å². The molecule has 0 aliphatic carbocycles. The molecule has 0 unspecified atom stereocenters. The minimum Gasteiger partial charge on any atom is -0.341 e. The summed E-state index contributed by atoms with van der Waals surface area (Å²) in [6.45, 7) is 1.13. The molecule has 5 nitrogen and oxygen atoms in total. The lowest BCUT2D eigenvalue weighted by Crippen LogP contribution is -2.44. The van der Waals surface area contributed by atoms with E-state index in [0.717, 1.165) is 29.8 Å². The number of hydrogen-bond donors (Lipinski definition) is 0. The highest BCUT2D eigenvalue weighted by atomic mass is 35.5. The van der Waals surface area contributed by atoms with Crippen LogP contribution in [0.5, 0.6) is 0 Å². The van der Waals surface area contributed by atoms with Crippen LogP contribution in [0.1, 0.15) is 19.3 Å². The van der Waals surface area contributed by atoms with Crippen LogP contribution in [-0.2, 0) is 14.8 Å². The lowest BCUT2D eigenvalue weighted by Gasteiger charge is -2.30. The lowest BCUT2D eigenvalue weighted by atomic mass is 10.1. The van der Waals surface area contributed by atoms with Gasteiger partial charge in [0.15, 0.2) is 0 Å². The molecule has 2 rings (SSSR count). The first kappa shape index (κ1) is 17.4. The van der Waals surface area contributed by atoms with Crippen LogP contribution in [0.3, 0.4) is 0 Å². The smallest absolute Gasteiger partial charge is 0.243 e. The zero-order chi connectivity index (χ0) is 16.3. The Balaban J connectivity index is 2.23. The van der Waals surface area contributed by atoms with Crippen molar-refractivity contribution in [2.24, 2.45) is 0 Å². The van der Waals surface area contributed by atoms with Crippen molar-refractivity contribution in [2.75, 3.05) is 30.2 Å². The highest BCUT2D eigenvalue weighted by molar-refractivity contribution is 7.92. The van der Waals surface area contributed by atoms with Gasteiger partial charge in [-0.05, 0) is 37.5 Å². The van der Waals surface area contributed by atoms with Crippen LogP contribution in [0.2, 0.25) is 10.0 Å². The van der Waals surface area contributed by atoms with Gasteiger partial charge in [0.05, 0.1) is 22.0 Å². The molecule has 1 saturated heterocycles. The second-order valence-electron chi connectivity index (χ2n) is 5.31. The Bertz CT molecular complexity index is 658. The maximum absolute atomic E-state index is 12.3. The largest absolute Gasteiger partial charge is 0.341 e. The number of likely N-dealkylation sites (tertiary alicyclic amines) is 1. The molecule has 1 fully saturated rings. The Labute approximate surface area is 140 Å². The number of anilines is 1. The van der Waals surface area contributed by atoms with Crippen LogP contribution < -0.4 is 4.31 Å². The average molecular weight is 365 g/mol. The number of carbonyl (C=O) groups excluding carboxylic acids is 1. The lowest BCUT2D eigenvalue weighted by molar-refractivity contribution is -0.130. The van der Waals surface area contributed by atoms with E-state index in [1.807, 2.05) is 0 Å². The number of rotatable bonds is 4. The molecule has 0 atom stereocenters. The van der Waals surface area contributed by atoms with Crippen molar-refractivity contribution in [1.29, 1.82) is 0 Å². The normalized spacial score (nSPS) is 15.7. The van der Waals surface area contributed by atoms with Crippen LogP contribution >= 0.6 is 23.2 Å². The standard InChI is InChI=1S/C14H18Cl2N2O3S/c1-22(20,21)18(11-5-6-12(15)13(16)9-11)10-14(19)17-7-3-2-4-8-17/h5-6,9H,2-4,7-8,10H2,1H3. The molecule has 0 bridgehead atoms. The summed E-state index contributed by atoms with van der Waals surface area (Å²) in [7, 11) is -3.60. The van der Waals surface area contributed by atoms with Crippen LogP contribution in [0.4, 0.5) is 5.69 Å². The number of nitrogens with zero attached hydrogens (tertiary/aromatic N) is 2. The summed E-state index contributed by atoms with van der Waals surface area (Å²) < 4.78 is 25.1. The summed E-state index contributed by atoms with van der Waals surface area (Å²) in [4.78, 5) is 14.0. The molecule has 0 radical (unpaired) electrons. The zero-order valence-corrected chi connectivity index (χ0v) is 14.6. The average Bonchev–Trinajstić information content (AvgIpc) is 2.47. The van der Waals surface area contributed by atoms with Crippen molar-refractivity contribution in [3.8, 4) is 0 Å².